The highest BCUT2D eigenvalue weighted by Gasteiger charge is 2.32. The third-order valence-corrected chi connectivity index (χ3v) is 6.15. The molecule has 11 heteroatoms. The van der Waals surface area contributed by atoms with Crippen LogP contribution in [0.3, 0.4) is 0 Å². The molecule has 0 fully saturated rings. The third-order valence-electron chi connectivity index (χ3n) is 4.21. The van der Waals surface area contributed by atoms with Crippen molar-refractivity contribution in [1.82, 2.24) is 15.2 Å². The molecule has 0 saturated carbocycles. The first-order chi connectivity index (χ1) is 13.7. The Kier molecular flexibility index (Phi) is 6.18. The number of fused-ring (bicyclic) bond motifs is 1. The van der Waals surface area contributed by atoms with E-state index in [9.17, 15) is 19.2 Å². The summed E-state index contributed by atoms with van der Waals surface area (Å²) in [4.78, 5) is 51.4. The fourth-order valence-corrected chi connectivity index (χ4v) is 4.55. The molecular weight excluding hydrogens is 416 g/mol. The molecule has 0 unspecified atom stereocenters. The number of aromatic nitrogens is 3. The predicted octanol–water partition coefficient (Wildman–Crippen LogP) is 2.29. The van der Waals surface area contributed by atoms with Crippen LogP contribution in [-0.2, 0) is 16.0 Å². The van der Waals surface area contributed by atoms with Crippen LogP contribution in [0, 0.1) is 5.41 Å². The Bertz CT molecular complexity index is 1030. The third kappa shape index (κ3) is 5.10. The number of aromatic amines is 1. The molecule has 0 radical (unpaired) electrons. The van der Waals surface area contributed by atoms with Gasteiger partial charge in [0.25, 0.3) is 11.5 Å². The summed E-state index contributed by atoms with van der Waals surface area (Å²) in [6, 6.07) is 1.35. The number of nitrogens with zero attached hydrogens (tertiary/aromatic N) is 2. The highest BCUT2D eigenvalue weighted by molar-refractivity contribution is 8.01. The summed E-state index contributed by atoms with van der Waals surface area (Å²) >= 11 is 2.21. The van der Waals surface area contributed by atoms with Crippen LogP contribution < -0.4 is 10.9 Å². The summed E-state index contributed by atoms with van der Waals surface area (Å²) in [6.07, 6.45) is 0.910. The molecule has 2 aromatic rings. The van der Waals surface area contributed by atoms with Crippen molar-refractivity contribution in [3.63, 3.8) is 0 Å². The van der Waals surface area contributed by atoms with Crippen molar-refractivity contribution in [2.75, 3.05) is 17.7 Å². The number of ketones is 1. The van der Waals surface area contributed by atoms with Gasteiger partial charge in [0.1, 0.15) is 5.56 Å². The molecule has 0 aliphatic heterocycles. The summed E-state index contributed by atoms with van der Waals surface area (Å²) in [7, 11) is 0. The van der Waals surface area contributed by atoms with Gasteiger partial charge in [0.15, 0.2) is 10.1 Å². The van der Waals surface area contributed by atoms with Gasteiger partial charge in [0.05, 0.1) is 12.4 Å². The minimum absolute atomic E-state index is 0.0827. The normalized spacial score (nSPS) is 14.9. The first-order valence-electron chi connectivity index (χ1n) is 8.91. The van der Waals surface area contributed by atoms with Crippen molar-refractivity contribution in [1.29, 1.82) is 0 Å². The summed E-state index contributed by atoms with van der Waals surface area (Å²) in [5, 5.41) is 10.4. The smallest absolute Gasteiger partial charge is 0.316 e. The molecule has 154 valence electrons. The Labute approximate surface area is 174 Å². The number of amides is 1. The lowest BCUT2D eigenvalue weighted by atomic mass is 9.75. The number of esters is 1. The fraction of sp³-hybridized carbons (Fsp3) is 0.444. The van der Waals surface area contributed by atoms with Crippen LogP contribution in [0.2, 0.25) is 0 Å². The molecule has 2 heterocycles. The lowest BCUT2D eigenvalue weighted by Gasteiger charge is -2.29. The number of hydrogen-bond acceptors (Lipinski definition) is 9. The van der Waals surface area contributed by atoms with Crippen LogP contribution in [0.15, 0.2) is 15.2 Å². The van der Waals surface area contributed by atoms with E-state index in [0.717, 1.165) is 23.1 Å². The molecule has 9 nitrogen and oxygen atoms in total. The maximum absolute atomic E-state index is 12.5. The molecular formula is C18H20N4O5S2. The Morgan fingerprint density at radius 1 is 1.31 bits per heavy atom. The van der Waals surface area contributed by atoms with Crippen molar-refractivity contribution >= 4 is 45.9 Å². The van der Waals surface area contributed by atoms with E-state index in [-0.39, 0.29) is 33.6 Å². The molecule has 29 heavy (non-hydrogen) atoms. The maximum atomic E-state index is 12.5. The second-order valence-corrected chi connectivity index (χ2v) is 9.47. The van der Waals surface area contributed by atoms with Gasteiger partial charge >= 0.3 is 5.97 Å². The first kappa shape index (κ1) is 21.2. The van der Waals surface area contributed by atoms with Gasteiger partial charge in [0, 0.05) is 17.7 Å². The molecule has 0 bridgehead atoms. The zero-order valence-corrected chi connectivity index (χ0v) is 17.8. The Morgan fingerprint density at radius 3 is 2.79 bits per heavy atom. The number of pyridine rings is 1. The van der Waals surface area contributed by atoms with Crippen LogP contribution in [0.1, 0.15) is 53.6 Å². The zero-order valence-electron chi connectivity index (χ0n) is 16.2. The van der Waals surface area contributed by atoms with E-state index in [1.807, 2.05) is 13.8 Å². The standard InChI is InChI=1S/C18H20N4O5S2/c1-4-27-13(24)8-28-17-22-21-16(29-17)20-15(26)10-5-9-11(19-14(10)25)6-18(2,3)7-12(9)23/h5H,4,6-8H2,1-3H3,(H,19,25)(H,20,21,26). The minimum Gasteiger partial charge on any atom is -0.465 e. The number of hydrogen-bond donors (Lipinski definition) is 2. The molecule has 3 rings (SSSR count). The van der Waals surface area contributed by atoms with Gasteiger partial charge in [-0.15, -0.1) is 10.2 Å². The molecule has 0 aromatic carbocycles. The number of H-pyrrole nitrogens is 1. The number of Topliss-reactive ketones (excluding diaryl/α,β-unsaturated/α-hetero) is 1. The zero-order chi connectivity index (χ0) is 21.2. The van der Waals surface area contributed by atoms with Crippen LogP contribution >= 0.6 is 23.1 Å². The highest BCUT2D eigenvalue weighted by atomic mass is 32.2. The highest BCUT2D eigenvalue weighted by Crippen LogP contribution is 2.33. The van der Waals surface area contributed by atoms with Crippen LogP contribution in [0.5, 0.6) is 0 Å². The number of carbonyl (C=O) groups is 3. The molecule has 1 aliphatic rings. The van der Waals surface area contributed by atoms with Crippen molar-refractivity contribution in [2.45, 2.75) is 38.0 Å². The second kappa shape index (κ2) is 8.46. The number of rotatable bonds is 6. The van der Waals surface area contributed by atoms with E-state index in [4.69, 9.17) is 4.74 Å². The Hall–Kier alpha value is -2.53. The van der Waals surface area contributed by atoms with Crippen molar-refractivity contribution in [3.8, 4) is 0 Å². The lowest BCUT2D eigenvalue weighted by Crippen LogP contribution is -2.32. The number of anilines is 1. The Morgan fingerprint density at radius 2 is 2.07 bits per heavy atom. The lowest BCUT2D eigenvalue weighted by molar-refractivity contribution is -0.139. The number of thioether (sulfide) groups is 1. The van der Waals surface area contributed by atoms with Gasteiger partial charge in [-0.25, -0.2) is 0 Å². The van der Waals surface area contributed by atoms with Gasteiger partial charge < -0.3 is 9.72 Å². The van der Waals surface area contributed by atoms with E-state index in [1.54, 1.807) is 6.92 Å². The maximum Gasteiger partial charge on any atom is 0.316 e. The molecule has 1 amide bonds. The SMILES string of the molecule is CCOC(=O)CSc1nnc(NC(=O)c2cc3c([nH]c2=O)CC(C)(C)CC3=O)s1. The minimum atomic E-state index is -0.676. The van der Waals surface area contributed by atoms with Gasteiger partial charge in [-0.3, -0.25) is 24.5 Å². The second-order valence-electron chi connectivity index (χ2n) is 7.27. The van der Waals surface area contributed by atoms with E-state index < -0.39 is 11.5 Å². The fourth-order valence-electron chi connectivity index (χ4n) is 3.00. The van der Waals surface area contributed by atoms with E-state index in [1.165, 1.54) is 6.07 Å². The Balaban J connectivity index is 1.72. The van der Waals surface area contributed by atoms with E-state index >= 15 is 0 Å². The average Bonchev–Trinajstić information content (AvgIpc) is 3.06. The van der Waals surface area contributed by atoms with E-state index in [0.29, 0.717) is 35.0 Å². The number of ether oxygens (including phenoxy) is 1. The predicted molar refractivity (Wildman–Crippen MR) is 109 cm³/mol. The van der Waals surface area contributed by atoms with E-state index in [2.05, 4.69) is 20.5 Å². The van der Waals surface area contributed by atoms with Crippen LogP contribution in [0.25, 0.3) is 0 Å². The van der Waals surface area contributed by atoms with Crippen LogP contribution in [-0.4, -0.2) is 45.2 Å². The van der Waals surface area contributed by atoms with Crippen molar-refractivity contribution in [3.05, 3.63) is 33.2 Å². The first-order valence-corrected chi connectivity index (χ1v) is 10.7. The summed E-state index contributed by atoms with van der Waals surface area (Å²) in [5.41, 5.74) is -0.0275. The van der Waals surface area contributed by atoms with Gasteiger partial charge in [-0.2, -0.15) is 0 Å². The summed E-state index contributed by atoms with van der Waals surface area (Å²) in [6.45, 7) is 5.93. The quantitative estimate of drug-likeness (QED) is 0.401. The molecule has 0 spiro atoms. The van der Waals surface area contributed by atoms with Crippen molar-refractivity contribution in [2.24, 2.45) is 5.41 Å². The largest absolute Gasteiger partial charge is 0.465 e. The number of nitrogens with one attached hydrogen (secondary N) is 2. The molecule has 1 aliphatic carbocycles. The van der Waals surface area contributed by atoms with Crippen LogP contribution in [0.4, 0.5) is 5.13 Å². The number of carbonyl (C=O) groups excluding carboxylic acids is 3. The van der Waals surface area contributed by atoms with Gasteiger partial charge in [0.2, 0.25) is 5.13 Å². The molecule has 0 atom stereocenters. The van der Waals surface area contributed by atoms with Crippen molar-refractivity contribution < 1.29 is 19.1 Å². The monoisotopic (exact) mass is 436 g/mol. The molecule has 2 N–H and O–H groups in total. The average molecular weight is 437 g/mol. The van der Waals surface area contributed by atoms with Gasteiger partial charge in [-0.1, -0.05) is 36.9 Å². The molecule has 2 aromatic heterocycles. The topological polar surface area (TPSA) is 131 Å². The molecule has 0 saturated heterocycles. The van der Waals surface area contributed by atoms with Gasteiger partial charge in [-0.05, 0) is 24.8 Å². The summed E-state index contributed by atoms with van der Waals surface area (Å²) in [5.74, 6) is -1.06. The summed E-state index contributed by atoms with van der Waals surface area (Å²) < 4.78 is 5.31.